The summed E-state index contributed by atoms with van der Waals surface area (Å²) < 4.78 is 17.4. The number of hydrogen-bond acceptors (Lipinski definition) is 5. The fraction of sp³-hybridized carbons (Fsp3) is 0.632. The average Bonchev–Trinajstić information content (AvgIpc) is 3.40. The molecule has 0 amide bonds. The van der Waals surface area contributed by atoms with Gasteiger partial charge in [-0.3, -0.25) is 4.79 Å². The zero-order chi connectivity index (χ0) is 16.9. The van der Waals surface area contributed by atoms with Crippen LogP contribution >= 0.6 is 12.4 Å². The molecular weight excluding hydrogens is 342 g/mol. The van der Waals surface area contributed by atoms with Crippen LogP contribution in [0.1, 0.15) is 25.3 Å². The second-order valence-electron chi connectivity index (χ2n) is 6.95. The number of cyclic esters (lactones) is 1. The van der Waals surface area contributed by atoms with Crippen molar-refractivity contribution in [3.8, 4) is 0 Å². The zero-order valence-corrected chi connectivity index (χ0v) is 15.5. The van der Waals surface area contributed by atoms with E-state index in [9.17, 15) is 4.79 Å². The largest absolute Gasteiger partial charge is 0.461 e. The molecule has 5 nitrogen and oxygen atoms in total. The molecule has 0 bridgehead atoms. The van der Waals surface area contributed by atoms with E-state index in [0.717, 1.165) is 13.0 Å². The Morgan fingerprint density at radius 3 is 2.60 bits per heavy atom. The summed E-state index contributed by atoms with van der Waals surface area (Å²) >= 11 is 0. The topological polar surface area (TPSA) is 70.8 Å². The van der Waals surface area contributed by atoms with Crippen molar-refractivity contribution in [3.63, 3.8) is 0 Å². The molecule has 1 aliphatic carbocycles. The highest BCUT2D eigenvalue weighted by molar-refractivity contribution is 5.85. The van der Waals surface area contributed by atoms with Gasteiger partial charge in [-0.25, -0.2) is 0 Å². The molecular formula is C19H28ClNO4. The van der Waals surface area contributed by atoms with Crippen LogP contribution in [0.3, 0.4) is 0 Å². The van der Waals surface area contributed by atoms with Crippen LogP contribution in [0.2, 0.25) is 0 Å². The molecule has 0 radical (unpaired) electrons. The minimum absolute atomic E-state index is 0. The summed E-state index contributed by atoms with van der Waals surface area (Å²) in [4.78, 5) is 12.0. The van der Waals surface area contributed by atoms with Crippen molar-refractivity contribution in [2.75, 3.05) is 19.8 Å². The Bertz CT molecular complexity index is 537. The van der Waals surface area contributed by atoms with E-state index in [2.05, 4.69) is 12.1 Å². The van der Waals surface area contributed by atoms with E-state index >= 15 is 0 Å². The van der Waals surface area contributed by atoms with Gasteiger partial charge in [-0.15, -0.1) is 12.4 Å². The molecule has 2 aliphatic rings. The first-order chi connectivity index (χ1) is 11.6. The minimum Gasteiger partial charge on any atom is -0.461 e. The van der Waals surface area contributed by atoms with E-state index in [1.54, 1.807) is 0 Å². The summed E-state index contributed by atoms with van der Waals surface area (Å²) in [5.74, 6) is 0.318. The van der Waals surface area contributed by atoms with Gasteiger partial charge >= 0.3 is 5.97 Å². The zero-order valence-electron chi connectivity index (χ0n) is 14.6. The molecule has 1 heterocycles. The van der Waals surface area contributed by atoms with Crippen molar-refractivity contribution in [2.24, 2.45) is 17.6 Å². The molecule has 0 unspecified atom stereocenters. The molecule has 6 heteroatoms. The fourth-order valence-corrected chi connectivity index (χ4v) is 3.06. The maximum absolute atomic E-state index is 12.0. The Labute approximate surface area is 155 Å². The number of benzene rings is 1. The summed E-state index contributed by atoms with van der Waals surface area (Å²) in [5.41, 5.74) is 7.02. The van der Waals surface area contributed by atoms with Gasteiger partial charge in [0.15, 0.2) is 0 Å². The lowest BCUT2D eigenvalue weighted by atomic mass is 9.89. The SMILES string of the molecule is C[C@@H]1OC(=O)[C@@H](N)COC[C@H](OCC2CC2)[C@H]1Cc1ccccc1.Cl. The van der Waals surface area contributed by atoms with Crippen molar-refractivity contribution < 1.29 is 19.0 Å². The number of carbonyl (C=O) groups is 1. The molecule has 1 saturated heterocycles. The van der Waals surface area contributed by atoms with Gasteiger partial charge in [0.2, 0.25) is 0 Å². The molecule has 2 fully saturated rings. The first-order valence-electron chi connectivity index (χ1n) is 8.83. The van der Waals surface area contributed by atoms with E-state index in [1.165, 1.54) is 18.4 Å². The molecule has 140 valence electrons. The number of ether oxygens (including phenoxy) is 3. The van der Waals surface area contributed by atoms with Crippen LogP contribution in [0.5, 0.6) is 0 Å². The molecule has 3 rings (SSSR count). The summed E-state index contributed by atoms with van der Waals surface area (Å²) in [6.07, 6.45) is 2.90. The lowest BCUT2D eigenvalue weighted by Crippen LogP contribution is -2.40. The Balaban J connectivity index is 0.00000225. The third-order valence-electron chi connectivity index (χ3n) is 4.82. The van der Waals surface area contributed by atoms with Gasteiger partial charge in [0.05, 0.1) is 19.3 Å². The summed E-state index contributed by atoms with van der Waals surface area (Å²) in [6, 6.07) is 9.49. The first-order valence-corrected chi connectivity index (χ1v) is 8.83. The van der Waals surface area contributed by atoms with Crippen LogP contribution in [0, 0.1) is 11.8 Å². The van der Waals surface area contributed by atoms with Gasteiger partial charge in [0.25, 0.3) is 0 Å². The second-order valence-corrected chi connectivity index (χ2v) is 6.95. The molecule has 0 aromatic heterocycles. The highest BCUT2D eigenvalue weighted by Gasteiger charge is 2.35. The van der Waals surface area contributed by atoms with Gasteiger partial charge in [-0.05, 0) is 37.7 Å². The number of nitrogens with two attached hydrogens (primary N) is 1. The van der Waals surface area contributed by atoms with Crippen molar-refractivity contribution in [1.82, 2.24) is 0 Å². The quantitative estimate of drug-likeness (QED) is 0.807. The molecule has 1 aromatic rings. The van der Waals surface area contributed by atoms with Crippen molar-refractivity contribution >= 4 is 18.4 Å². The Morgan fingerprint density at radius 1 is 1.20 bits per heavy atom. The monoisotopic (exact) mass is 369 g/mol. The Morgan fingerprint density at radius 2 is 1.92 bits per heavy atom. The molecule has 1 aromatic carbocycles. The maximum atomic E-state index is 12.0. The molecule has 0 spiro atoms. The van der Waals surface area contributed by atoms with Crippen LogP contribution in [-0.4, -0.2) is 44.0 Å². The third-order valence-corrected chi connectivity index (χ3v) is 4.82. The summed E-state index contributed by atoms with van der Waals surface area (Å²) in [6.45, 7) is 3.30. The van der Waals surface area contributed by atoms with Crippen LogP contribution in [0.4, 0.5) is 0 Å². The molecule has 25 heavy (non-hydrogen) atoms. The predicted molar refractivity (Wildman–Crippen MR) is 97.7 cm³/mol. The number of rotatable bonds is 5. The second kappa shape index (κ2) is 9.53. The average molecular weight is 370 g/mol. The minimum atomic E-state index is -0.730. The van der Waals surface area contributed by atoms with Crippen LogP contribution in [0.25, 0.3) is 0 Å². The number of halogens is 1. The van der Waals surface area contributed by atoms with Crippen molar-refractivity contribution in [3.05, 3.63) is 35.9 Å². The molecule has 2 N–H and O–H groups in total. The lowest BCUT2D eigenvalue weighted by Gasteiger charge is -2.31. The number of carbonyl (C=O) groups excluding carboxylic acids is 1. The van der Waals surface area contributed by atoms with E-state index in [4.69, 9.17) is 19.9 Å². The molecule has 1 aliphatic heterocycles. The van der Waals surface area contributed by atoms with E-state index in [1.807, 2.05) is 25.1 Å². The van der Waals surface area contributed by atoms with Crippen LogP contribution < -0.4 is 5.73 Å². The van der Waals surface area contributed by atoms with Gasteiger partial charge < -0.3 is 19.9 Å². The highest BCUT2D eigenvalue weighted by atomic mass is 35.5. The van der Waals surface area contributed by atoms with Gasteiger partial charge in [0, 0.05) is 12.5 Å². The van der Waals surface area contributed by atoms with Gasteiger partial charge in [-0.2, -0.15) is 0 Å². The molecule has 4 atom stereocenters. The first kappa shape index (κ1) is 20.2. The van der Waals surface area contributed by atoms with Crippen molar-refractivity contribution in [1.29, 1.82) is 0 Å². The summed E-state index contributed by atoms with van der Waals surface area (Å²) in [5, 5.41) is 0. The third kappa shape index (κ3) is 5.96. The molecule has 1 saturated carbocycles. The van der Waals surface area contributed by atoms with Gasteiger partial charge in [-0.1, -0.05) is 30.3 Å². The maximum Gasteiger partial charge on any atom is 0.325 e. The van der Waals surface area contributed by atoms with Crippen LogP contribution in [0.15, 0.2) is 30.3 Å². The van der Waals surface area contributed by atoms with E-state index < -0.39 is 12.0 Å². The van der Waals surface area contributed by atoms with E-state index in [-0.39, 0.29) is 37.1 Å². The fourth-order valence-electron chi connectivity index (χ4n) is 3.06. The Kier molecular flexibility index (Phi) is 7.69. The van der Waals surface area contributed by atoms with Crippen molar-refractivity contribution in [2.45, 2.75) is 44.4 Å². The Hall–Kier alpha value is -1.14. The summed E-state index contributed by atoms with van der Waals surface area (Å²) in [7, 11) is 0. The van der Waals surface area contributed by atoms with E-state index in [0.29, 0.717) is 12.5 Å². The van der Waals surface area contributed by atoms with Crippen LogP contribution in [-0.2, 0) is 25.4 Å². The smallest absolute Gasteiger partial charge is 0.325 e. The number of esters is 1. The normalized spacial score (nSPS) is 30.4. The predicted octanol–water partition coefficient (Wildman–Crippen LogP) is 2.35. The van der Waals surface area contributed by atoms with Gasteiger partial charge in [0.1, 0.15) is 12.1 Å². The lowest BCUT2D eigenvalue weighted by molar-refractivity contribution is -0.154. The number of hydrogen-bond donors (Lipinski definition) is 1. The highest BCUT2D eigenvalue weighted by Crippen LogP contribution is 2.31. The standard InChI is InChI=1S/C19H27NO4.ClH/c1-13-16(9-14-5-3-2-4-6-14)18(23-10-15-7-8-15)12-22-11-17(20)19(21)24-13;/h2-6,13,15-18H,7-12,20H2,1H3;1H/t13-,16-,17-,18-;/m0./s1.